The van der Waals surface area contributed by atoms with Crippen molar-refractivity contribution in [3.8, 4) is 0 Å². The lowest BCUT2D eigenvalue weighted by atomic mass is 10.1. The Morgan fingerprint density at radius 3 is 2.39 bits per heavy atom. The zero-order valence-corrected chi connectivity index (χ0v) is 17.8. The van der Waals surface area contributed by atoms with Gasteiger partial charge >= 0.3 is 0 Å². The van der Waals surface area contributed by atoms with Gasteiger partial charge in [0.05, 0.1) is 30.0 Å². The quantitative estimate of drug-likeness (QED) is 0.422. The van der Waals surface area contributed by atoms with E-state index in [0.29, 0.717) is 18.9 Å². The summed E-state index contributed by atoms with van der Waals surface area (Å²) in [6, 6.07) is 15.9. The molecule has 2 aromatic carbocycles. The summed E-state index contributed by atoms with van der Waals surface area (Å²) in [6.07, 6.45) is 5.90. The maximum Gasteiger partial charge on any atom is 0.124 e. The third-order valence-electron chi connectivity index (χ3n) is 5.30. The van der Waals surface area contributed by atoms with Gasteiger partial charge in [-0.25, -0.2) is 8.42 Å². The van der Waals surface area contributed by atoms with Gasteiger partial charge in [0.15, 0.2) is 0 Å². The summed E-state index contributed by atoms with van der Waals surface area (Å²) in [6.45, 7) is 3.11. The summed E-state index contributed by atoms with van der Waals surface area (Å²) >= 11 is 0. The molecule has 0 unspecified atom stereocenters. The fourth-order valence-electron chi connectivity index (χ4n) is 3.80. The van der Waals surface area contributed by atoms with Crippen LogP contribution in [0.15, 0.2) is 81.4 Å². The Kier molecular flexibility index (Phi) is 6.50. The fraction of sp³-hybridized carbons (Fsp3) is 0.261. The van der Waals surface area contributed by atoms with E-state index in [0.717, 1.165) is 31.5 Å². The maximum absolute atomic E-state index is 11.0. The summed E-state index contributed by atoms with van der Waals surface area (Å²) in [7, 11) is -4.45. The lowest BCUT2D eigenvalue weighted by molar-refractivity contribution is 0.0548. The third-order valence-corrected chi connectivity index (χ3v) is 6.15. The minimum absolute atomic E-state index is 0.258. The number of nitrogens with one attached hydrogen (secondary N) is 1. The third kappa shape index (κ3) is 5.41. The van der Waals surface area contributed by atoms with E-state index in [9.17, 15) is 13.0 Å². The Morgan fingerprint density at radius 2 is 1.71 bits per heavy atom. The summed E-state index contributed by atoms with van der Waals surface area (Å²) in [5.74, 6) is 0. The maximum atomic E-state index is 11.0. The van der Waals surface area contributed by atoms with E-state index in [-0.39, 0.29) is 4.90 Å². The van der Waals surface area contributed by atoms with Gasteiger partial charge in [-0.05, 0) is 59.9 Å². The molecule has 0 spiro atoms. The number of rotatable bonds is 6. The average molecular weight is 439 g/mol. The highest BCUT2D eigenvalue weighted by molar-refractivity contribution is 7.85. The lowest BCUT2D eigenvalue weighted by Gasteiger charge is -2.31. The minimum atomic E-state index is -4.45. The number of anilines is 1. The predicted octanol–water partition coefficient (Wildman–Crippen LogP) is 3.45. The first kappa shape index (κ1) is 21.3. The Balaban J connectivity index is 1.56. The molecule has 1 aliphatic heterocycles. The van der Waals surface area contributed by atoms with Crippen LogP contribution in [-0.4, -0.2) is 50.4 Å². The van der Waals surface area contributed by atoms with Crippen molar-refractivity contribution in [3.05, 3.63) is 77.0 Å². The Bertz CT molecular complexity index is 1100. The first-order valence-electron chi connectivity index (χ1n) is 10.2. The molecular weight excluding hydrogens is 414 g/mol. The topological polar surface area (TPSA) is 94.1 Å². The van der Waals surface area contributed by atoms with Crippen LogP contribution in [0.3, 0.4) is 0 Å². The van der Waals surface area contributed by atoms with Crippen molar-refractivity contribution < 1.29 is 17.7 Å². The standard InChI is InChI=1S/C23H25N3O4S/c27-31(28,29)22-10-8-21(9-11-22)25-24-17-20-7-6-19(16-18-4-2-1-3-5-18)23(20)26-12-14-30-15-13-26/h1-5,8-11,16-17,25H,6-7,12-15H2,(H,27,28,29)/p-1/b19-16+,24-17-. The van der Waals surface area contributed by atoms with E-state index >= 15 is 0 Å². The van der Waals surface area contributed by atoms with Crippen molar-refractivity contribution >= 4 is 28.1 Å². The van der Waals surface area contributed by atoms with Gasteiger partial charge in [0.2, 0.25) is 0 Å². The van der Waals surface area contributed by atoms with Crippen LogP contribution < -0.4 is 5.43 Å². The second kappa shape index (κ2) is 9.47. The fourth-order valence-corrected chi connectivity index (χ4v) is 4.27. The molecule has 1 N–H and O–H groups in total. The molecule has 1 fully saturated rings. The van der Waals surface area contributed by atoms with Crippen molar-refractivity contribution in [1.29, 1.82) is 0 Å². The SMILES string of the molecule is O=S(=O)([O-])c1ccc(N/N=C\C2=C(N3CCOCC3)C(=C/c3ccccc3)/CC2)cc1. The van der Waals surface area contributed by atoms with Crippen LogP contribution in [0.1, 0.15) is 18.4 Å². The molecule has 31 heavy (non-hydrogen) atoms. The molecule has 1 saturated heterocycles. The lowest BCUT2D eigenvalue weighted by Crippen LogP contribution is -2.36. The first-order chi connectivity index (χ1) is 15.0. The Morgan fingerprint density at radius 1 is 1.00 bits per heavy atom. The Labute approximate surface area is 182 Å². The number of nitrogens with zero attached hydrogens (tertiary/aromatic N) is 2. The minimum Gasteiger partial charge on any atom is -0.744 e. The molecule has 0 radical (unpaired) electrons. The van der Waals surface area contributed by atoms with Crippen LogP contribution in [0.4, 0.5) is 5.69 Å². The van der Waals surface area contributed by atoms with Gasteiger partial charge in [-0.2, -0.15) is 5.10 Å². The largest absolute Gasteiger partial charge is 0.744 e. The number of morpholine rings is 1. The Hall–Kier alpha value is -2.94. The molecule has 1 heterocycles. The molecule has 2 aliphatic rings. The van der Waals surface area contributed by atoms with Gasteiger partial charge in [0.1, 0.15) is 10.1 Å². The van der Waals surface area contributed by atoms with Crippen molar-refractivity contribution in [2.24, 2.45) is 5.10 Å². The highest BCUT2D eigenvalue weighted by Crippen LogP contribution is 2.35. The highest BCUT2D eigenvalue weighted by Gasteiger charge is 2.25. The number of ether oxygens (including phenoxy) is 1. The molecule has 0 saturated carbocycles. The monoisotopic (exact) mass is 438 g/mol. The van der Waals surface area contributed by atoms with E-state index in [2.05, 4.69) is 33.6 Å². The molecular formula is C23H24N3O4S-. The average Bonchev–Trinajstić information content (AvgIpc) is 3.17. The molecule has 8 heteroatoms. The van der Waals surface area contributed by atoms with Crippen LogP contribution in [0.2, 0.25) is 0 Å². The van der Waals surface area contributed by atoms with Crippen LogP contribution in [0.5, 0.6) is 0 Å². The van der Waals surface area contributed by atoms with Crippen LogP contribution in [0, 0.1) is 0 Å². The second-order valence-electron chi connectivity index (χ2n) is 7.40. The number of hydrogen-bond donors (Lipinski definition) is 1. The zero-order valence-electron chi connectivity index (χ0n) is 17.0. The summed E-state index contributed by atoms with van der Waals surface area (Å²) < 4.78 is 38.7. The van der Waals surface area contributed by atoms with E-state index in [1.165, 1.54) is 41.1 Å². The highest BCUT2D eigenvalue weighted by atomic mass is 32.2. The van der Waals surface area contributed by atoms with E-state index in [1.54, 1.807) is 0 Å². The van der Waals surface area contributed by atoms with Gasteiger partial charge in [-0.1, -0.05) is 30.3 Å². The van der Waals surface area contributed by atoms with Gasteiger partial charge < -0.3 is 14.2 Å². The van der Waals surface area contributed by atoms with E-state index in [4.69, 9.17) is 4.74 Å². The molecule has 0 atom stereocenters. The molecule has 1 aliphatic carbocycles. The molecule has 0 aromatic heterocycles. The van der Waals surface area contributed by atoms with Crippen LogP contribution in [0.25, 0.3) is 6.08 Å². The van der Waals surface area contributed by atoms with Crippen molar-refractivity contribution in [2.75, 3.05) is 31.7 Å². The van der Waals surface area contributed by atoms with Gasteiger partial charge in [-0.15, -0.1) is 0 Å². The smallest absolute Gasteiger partial charge is 0.124 e. The van der Waals surface area contributed by atoms with Gasteiger partial charge in [-0.3, -0.25) is 5.43 Å². The van der Waals surface area contributed by atoms with Crippen molar-refractivity contribution in [1.82, 2.24) is 4.90 Å². The molecule has 2 aromatic rings. The number of hydrazone groups is 1. The van der Waals surface area contributed by atoms with Crippen molar-refractivity contribution in [3.63, 3.8) is 0 Å². The zero-order chi connectivity index (χ0) is 21.7. The summed E-state index contributed by atoms with van der Waals surface area (Å²) in [4.78, 5) is 2.10. The second-order valence-corrected chi connectivity index (χ2v) is 8.78. The number of benzene rings is 2. The normalized spacial score (nSPS) is 18.9. The van der Waals surface area contributed by atoms with Crippen LogP contribution in [-0.2, 0) is 14.9 Å². The van der Waals surface area contributed by atoms with E-state index < -0.39 is 10.1 Å². The summed E-state index contributed by atoms with van der Waals surface area (Å²) in [5.41, 5.74) is 8.35. The predicted molar refractivity (Wildman–Crippen MR) is 120 cm³/mol. The van der Waals surface area contributed by atoms with Gasteiger partial charge in [0, 0.05) is 18.8 Å². The molecule has 4 rings (SSSR count). The van der Waals surface area contributed by atoms with E-state index in [1.807, 2.05) is 24.4 Å². The van der Waals surface area contributed by atoms with Crippen molar-refractivity contribution in [2.45, 2.75) is 17.7 Å². The summed E-state index contributed by atoms with van der Waals surface area (Å²) in [5, 5.41) is 4.36. The molecule has 0 bridgehead atoms. The van der Waals surface area contributed by atoms with Gasteiger partial charge in [0.25, 0.3) is 0 Å². The first-order valence-corrected chi connectivity index (χ1v) is 11.6. The van der Waals surface area contributed by atoms with Crippen LogP contribution >= 0.6 is 0 Å². The number of allylic oxidation sites excluding steroid dienone is 2. The molecule has 162 valence electrons. The molecule has 0 amide bonds. The number of hydrogen-bond acceptors (Lipinski definition) is 7. The molecule has 7 nitrogen and oxygen atoms in total.